The molecule has 1 saturated carbocycles. The van der Waals surface area contributed by atoms with Crippen LogP contribution in [0.3, 0.4) is 0 Å². The first-order valence-electron chi connectivity index (χ1n) is 8.61. The summed E-state index contributed by atoms with van der Waals surface area (Å²) in [5.41, 5.74) is 2.38. The maximum Gasteiger partial charge on any atom is 0.335 e. The molecule has 4 rings (SSSR count). The third-order valence-corrected chi connectivity index (χ3v) is 6.35. The van der Waals surface area contributed by atoms with E-state index >= 15 is 0 Å². The molecular formula is C19H14Cl2N4O3S. The molecule has 0 radical (unpaired) electrons. The fourth-order valence-corrected chi connectivity index (χ4v) is 4.21. The van der Waals surface area contributed by atoms with Gasteiger partial charge in [0.25, 0.3) is 0 Å². The standard InChI is InChI=1S/C19H14Cl2N4O3S/c20-19(21)9-15(19)11-1-3-12(4-2-11)16(26)10-29-18-22-23-24-25(18)14-7-5-13(6-8-14)17(27)28/h1-8,15H,9-10H2,(H,27,28)/t15-/m0/s1. The molecule has 29 heavy (non-hydrogen) atoms. The molecule has 0 aliphatic heterocycles. The van der Waals surface area contributed by atoms with E-state index in [1.807, 2.05) is 12.1 Å². The minimum atomic E-state index is -1.01. The number of Topliss-reactive ketones (excluding diaryl/α,β-unsaturated/α-hetero) is 1. The number of nitrogens with zero attached hydrogens (tertiary/aromatic N) is 4. The molecule has 1 aliphatic carbocycles. The molecule has 3 aromatic rings. The van der Waals surface area contributed by atoms with Gasteiger partial charge < -0.3 is 5.11 Å². The number of ketones is 1. The molecule has 7 nitrogen and oxygen atoms in total. The Balaban J connectivity index is 1.41. The number of carbonyl (C=O) groups excluding carboxylic acids is 1. The number of hydrogen-bond donors (Lipinski definition) is 1. The van der Waals surface area contributed by atoms with Crippen LogP contribution < -0.4 is 0 Å². The summed E-state index contributed by atoms with van der Waals surface area (Å²) in [5, 5.41) is 20.9. The fourth-order valence-electron chi connectivity index (χ4n) is 2.87. The average Bonchev–Trinajstić information content (AvgIpc) is 3.13. The summed E-state index contributed by atoms with van der Waals surface area (Å²) in [6.07, 6.45) is 0.718. The summed E-state index contributed by atoms with van der Waals surface area (Å²) in [7, 11) is 0. The average molecular weight is 449 g/mol. The molecule has 1 aliphatic rings. The summed E-state index contributed by atoms with van der Waals surface area (Å²) in [6.45, 7) is 0. The van der Waals surface area contributed by atoms with E-state index in [0.29, 0.717) is 16.4 Å². The Hall–Kier alpha value is -2.42. The number of aromatic carboxylic acids is 1. The van der Waals surface area contributed by atoms with Crippen LogP contribution in [0.5, 0.6) is 0 Å². The van der Waals surface area contributed by atoms with Gasteiger partial charge in [0.2, 0.25) is 5.16 Å². The van der Waals surface area contributed by atoms with Crippen LogP contribution >= 0.6 is 35.0 Å². The topological polar surface area (TPSA) is 98.0 Å². The van der Waals surface area contributed by atoms with Gasteiger partial charge in [0.1, 0.15) is 4.33 Å². The van der Waals surface area contributed by atoms with Crippen molar-refractivity contribution in [3.8, 4) is 5.69 Å². The van der Waals surface area contributed by atoms with Gasteiger partial charge in [-0.15, -0.1) is 28.3 Å². The van der Waals surface area contributed by atoms with Crippen molar-refractivity contribution in [3.63, 3.8) is 0 Å². The van der Waals surface area contributed by atoms with Crippen molar-refractivity contribution in [2.75, 3.05) is 5.75 Å². The zero-order chi connectivity index (χ0) is 20.6. The second-order valence-corrected chi connectivity index (χ2v) is 9.06. The molecule has 0 unspecified atom stereocenters. The van der Waals surface area contributed by atoms with Crippen molar-refractivity contribution in [3.05, 3.63) is 65.2 Å². The SMILES string of the molecule is O=C(O)c1ccc(-n2nnnc2SCC(=O)c2ccc([C@@H]3CC3(Cl)Cl)cc2)cc1. The lowest BCUT2D eigenvalue weighted by Crippen LogP contribution is -2.05. The Morgan fingerprint density at radius 1 is 1.10 bits per heavy atom. The highest BCUT2D eigenvalue weighted by atomic mass is 35.5. The quantitative estimate of drug-likeness (QED) is 0.331. The van der Waals surface area contributed by atoms with Crippen LogP contribution in [0.25, 0.3) is 5.69 Å². The van der Waals surface area contributed by atoms with Crippen LogP contribution in [0.15, 0.2) is 53.7 Å². The molecule has 1 N–H and O–H groups in total. The molecule has 0 amide bonds. The van der Waals surface area contributed by atoms with Crippen LogP contribution in [-0.4, -0.2) is 47.2 Å². The minimum Gasteiger partial charge on any atom is -0.478 e. The molecule has 1 heterocycles. The Labute approximate surface area is 180 Å². The number of alkyl halides is 2. The van der Waals surface area contributed by atoms with E-state index in [0.717, 1.165) is 12.0 Å². The summed E-state index contributed by atoms with van der Waals surface area (Å²) in [6, 6.07) is 13.5. The number of carbonyl (C=O) groups is 2. The van der Waals surface area contributed by atoms with Gasteiger partial charge in [0.15, 0.2) is 5.78 Å². The molecule has 1 aromatic heterocycles. The van der Waals surface area contributed by atoms with Gasteiger partial charge in [-0.3, -0.25) is 4.79 Å². The Kier molecular flexibility index (Phi) is 5.33. The van der Waals surface area contributed by atoms with Crippen molar-refractivity contribution >= 4 is 46.7 Å². The van der Waals surface area contributed by atoms with Gasteiger partial charge in [0.05, 0.1) is 17.0 Å². The molecule has 0 spiro atoms. The summed E-state index contributed by atoms with van der Waals surface area (Å²) >= 11 is 13.4. The smallest absolute Gasteiger partial charge is 0.335 e. The van der Waals surface area contributed by atoms with Crippen molar-refractivity contribution in [1.29, 1.82) is 0 Å². The lowest BCUT2D eigenvalue weighted by atomic mass is 10.1. The number of carboxylic acid groups (broad SMARTS) is 1. The highest BCUT2D eigenvalue weighted by Gasteiger charge is 2.52. The molecule has 148 valence electrons. The molecule has 1 atom stereocenters. The summed E-state index contributed by atoms with van der Waals surface area (Å²) in [5.74, 6) is -0.799. The van der Waals surface area contributed by atoms with Crippen molar-refractivity contribution in [2.24, 2.45) is 0 Å². The predicted molar refractivity (Wildman–Crippen MR) is 109 cm³/mol. The van der Waals surface area contributed by atoms with E-state index in [4.69, 9.17) is 28.3 Å². The first kappa shape index (κ1) is 19.9. The highest BCUT2D eigenvalue weighted by molar-refractivity contribution is 7.99. The van der Waals surface area contributed by atoms with E-state index in [1.54, 1.807) is 24.3 Å². The fraction of sp³-hybridized carbons (Fsp3) is 0.211. The van der Waals surface area contributed by atoms with Gasteiger partial charge in [-0.1, -0.05) is 36.0 Å². The van der Waals surface area contributed by atoms with E-state index in [1.165, 1.54) is 28.6 Å². The number of tetrazole rings is 1. The van der Waals surface area contributed by atoms with Gasteiger partial charge >= 0.3 is 5.97 Å². The highest BCUT2D eigenvalue weighted by Crippen LogP contribution is 2.59. The molecule has 0 saturated heterocycles. The number of hydrogen-bond acceptors (Lipinski definition) is 6. The van der Waals surface area contributed by atoms with Gasteiger partial charge in [-0.05, 0) is 46.7 Å². The maximum atomic E-state index is 12.5. The minimum absolute atomic E-state index is 0.0591. The summed E-state index contributed by atoms with van der Waals surface area (Å²) < 4.78 is 0.765. The molecular weight excluding hydrogens is 435 g/mol. The van der Waals surface area contributed by atoms with Crippen molar-refractivity contribution in [2.45, 2.75) is 21.8 Å². The summed E-state index contributed by atoms with van der Waals surface area (Å²) in [4.78, 5) is 23.5. The van der Waals surface area contributed by atoms with Gasteiger partial charge in [0, 0.05) is 11.5 Å². The maximum absolute atomic E-state index is 12.5. The molecule has 10 heteroatoms. The number of carboxylic acids is 1. The predicted octanol–water partition coefficient (Wildman–Crippen LogP) is 4.00. The zero-order valence-electron chi connectivity index (χ0n) is 14.8. The van der Waals surface area contributed by atoms with Crippen molar-refractivity contribution in [1.82, 2.24) is 20.2 Å². The third-order valence-electron chi connectivity index (χ3n) is 4.59. The van der Waals surface area contributed by atoms with Crippen LogP contribution in [0.4, 0.5) is 0 Å². The lowest BCUT2D eigenvalue weighted by molar-refractivity contribution is 0.0696. The number of rotatable bonds is 7. The van der Waals surface area contributed by atoms with Crippen molar-refractivity contribution < 1.29 is 14.7 Å². The number of halogens is 2. The lowest BCUT2D eigenvalue weighted by Gasteiger charge is -2.06. The number of benzene rings is 2. The Morgan fingerprint density at radius 2 is 1.72 bits per heavy atom. The van der Waals surface area contributed by atoms with Gasteiger partial charge in [-0.25, -0.2) is 4.79 Å². The molecule has 1 fully saturated rings. The van der Waals surface area contributed by atoms with Crippen LogP contribution in [0, 0.1) is 0 Å². The van der Waals surface area contributed by atoms with E-state index in [2.05, 4.69) is 15.5 Å². The van der Waals surface area contributed by atoms with Crippen LogP contribution in [-0.2, 0) is 0 Å². The second-order valence-electron chi connectivity index (χ2n) is 6.58. The zero-order valence-corrected chi connectivity index (χ0v) is 17.2. The molecule has 2 aromatic carbocycles. The molecule has 0 bridgehead atoms. The van der Waals surface area contributed by atoms with E-state index in [-0.39, 0.29) is 23.0 Å². The Bertz CT molecular complexity index is 1070. The van der Waals surface area contributed by atoms with Crippen LogP contribution in [0.2, 0.25) is 0 Å². The third kappa shape index (κ3) is 4.29. The second kappa shape index (κ2) is 7.78. The number of thioether (sulfide) groups is 1. The first-order chi connectivity index (χ1) is 13.8. The van der Waals surface area contributed by atoms with E-state index < -0.39 is 10.3 Å². The van der Waals surface area contributed by atoms with Crippen LogP contribution in [0.1, 0.15) is 38.6 Å². The Morgan fingerprint density at radius 3 is 2.31 bits per heavy atom. The monoisotopic (exact) mass is 448 g/mol. The normalized spacial score (nSPS) is 17.1. The van der Waals surface area contributed by atoms with E-state index in [9.17, 15) is 9.59 Å². The largest absolute Gasteiger partial charge is 0.478 e. The number of aromatic nitrogens is 4. The first-order valence-corrected chi connectivity index (χ1v) is 10.4. The van der Waals surface area contributed by atoms with Gasteiger partial charge in [-0.2, -0.15) is 4.68 Å².